The van der Waals surface area contributed by atoms with Gasteiger partial charge in [-0.05, 0) is 54.3 Å². The zero-order valence-electron chi connectivity index (χ0n) is 20.2. The van der Waals surface area contributed by atoms with E-state index in [1.54, 1.807) is 6.07 Å². The van der Waals surface area contributed by atoms with E-state index in [9.17, 15) is 24.6 Å². The number of fused-ring (bicyclic) bond motifs is 1. The number of carboxylic acid groups (broad SMARTS) is 2. The maximum absolute atomic E-state index is 13.2. The molecule has 188 valence electrons. The number of nitrogens with one attached hydrogen (secondary N) is 2. The van der Waals surface area contributed by atoms with Gasteiger partial charge in [0.1, 0.15) is 0 Å². The summed E-state index contributed by atoms with van der Waals surface area (Å²) < 4.78 is 0. The number of hydrogen-bond donors (Lipinski definition) is 4. The van der Waals surface area contributed by atoms with Gasteiger partial charge >= 0.3 is 11.9 Å². The lowest BCUT2D eigenvalue weighted by Gasteiger charge is -2.16. The Morgan fingerprint density at radius 3 is 1.70 bits per heavy atom. The predicted octanol–water partition coefficient (Wildman–Crippen LogP) is 4.54. The van der Waals surface area contributed by atoms with Gasteiger partial charge in [-0.15, -0.1) is 0 Å². The van der Waals surface area contributed by atoms with Crippen LogP contribution in [0.3, 0.4) is 0 Å². The van der Waals surface area contributed by atoms with Gasteiger partial charge in [0.15, 0.2) is 0 Å². The van der Waals surface area contributed by atoms with Crippen molar-refractivity contribution in [3.8, 4) is 0 Å². The third kappa shape index (κ3) is 6.20. The molecule has 0 saturated heterocycles. The number of benzene rings is 4. The van der Waals surface area contributed by atoms with E-state index in [0.717, 1.165) is 12.0 Å². The minimum absolute atomic E-state index is 0.0428. The highest BCUT2D eigenvalue weighted by atomic mass is 16.4. The number of aromatic carboxylic acids is 2. The molecule has 0 aliphatic heterocycles. The average Bonchev–Trinajstić information content (AvgIpc) is 2.91. The van der Waals surface area contributed by atoms with Crippen molar-refractivity contribution < 1.29 is 24.6 Å². The Hall–Kier alpha value is -4.49. The first kappa shape index (κ1) is 25.6. The molecular weight excluding hydrogens is 468 g/mol. The van der Waals surface area contributed by atoms with E-state index in [1.807, 2.05) is 60.7 Å². The molecule has 0 heterocycles. The van der Waals surface area contributed by atoms with Crippen LogP contribution in [-0.2, 0) is 19.4 Å². The Bertz CT molecular complexity index is 1420. The normalized spacial score (nSPS) is 10.8. The first-order valence-corrected chi connectivity index (χ1v) is 12.1. The lowest BCUT2D eigenvalue weighted by Crippen LogP contribution is -2.26. The van der Waals surface area contributed by atoms with Gasteiger partial charge in [-0.2, -0.15) is 0 Å². The quantitative estimate of drug-likeness (QED) is 0.227. The van der Waals surface area contributed by atoms with Gasteiger partial charge in [0.25, 0.3) is 5.91 Å². The molecule has 0 bridgehead atoms. The molecule has 0 atom stereocenters. The van der Waals surface area contributed by atoms with Gasteiger partial charge in [-0.1, -0.05) is 66.7 Å². The smallest absolute Gasteiger partial charge is 0.336 e. The third-order valence-electron chi connectivity index (χ3n) is 6.24. The Balaban J connectivity index is 1.64. The maximum Gasteiger partial charge on any atom is 0.336 e. The van der Waals surface area contributed by atoms with E-state index < -0.39 is 17.8 Å². The van der Waals surface area contributed by atoms with Crippen LogP contribution in [0.25, 0.3) is 10.8 Å². The van der Waals surface area contributed by atoms with Crippen molar-refractivity contribution in [2.75, 3.05) is 13.1 Å². The van der Waals surface area contributed by atoms with Crippen LogP contribution in [0, 0.1) is 0 Å². The summed E-state index contributed by atoms with van der Waals surface area (Å²) in [5, 5.41) is 26.3. The van der Waals surface area contributed by atoms with Crippen molar-refractivity contribution in [3.05, 3.63) is 118 Å². The molecule has 0 aliphatic carbocycles. The highest BCUT2D eigenvalue weighted by Gasteiger charge is 2.23. The molecule has 37 heavy (non-hydrogen) atoms. The van der Waals surface area contributed by atoms with Gasteiger partial charge in [-0.25, -0.2) is 9.59 Å². The van der Waals surface area contributed by atoms with Crippen LogP contribution in [0.15, 0.2) is 84.9 Å². The standard InChI is InChI=1S/C30H28N2O5/c33-28(32-18-16-21-9-5-2-6-10-21)23-13-14-24(29(34)35)26-22(11-12-25(27(23)26)30(36)37)19-31-17-15-20-7-3-1-4-8-20/h1-14,31H,15-19H2,(H,32,33)(H,34,35)(H,36,37). The molecule has 0 fully saturated rings. The first-order valence-electron chi connectivity index (χ1n) is 12.1. The molecule has 0 aromatic heterocycles. The van der Waals surface area contributed by atoms with Crippen molar-refractivity contribution in [2.24, 2.45) is 0 Å². The maximum atomic E-state index is 13.2. The first-order chi connectivity index (χ1) is 18.0. The fourth-order valence-electron chi connectivity index (χ4n) is 4.42. The predicted molar refractivity (Wildman–Crippen MR) is 142 cm³/mol. The van der Waals surface area contributed by atoms with Crippen LogP contribution < -0.4 is 10.6 Å². The fraction of sp³-hybridized carbons (Fsp3) is 0.167. The Kier molecular flexibility index (Phi) is 8.28. The summed E-state index contributed by atoms with van der Waals surface area (Å²) in [6, 6.07) is 25.5. The van der Waals surface area contributed by atoms with E-state index in [-0.39, 0.29) is 27.5 Å². The summed E-state index contributed by atoms with van der Waals surface area (Å²) in [6.45, 7) is 1.32. The largest absolute Gasteiger partial charge is 0.478 e. The van der Waals surface area contributed by atoms with Crippen LogP contribution in [0.1, 0.15) is 47.8 Å². The third-order valence-corrected chi connectivity index (χ3v) is 6.24. The second-order valence-corrected chi connectivity index (χ2v) is 8.70. The zero-order valence-corrected chi connectivity index (χ0v) is 20.2. The molecule has 7 nitrogen and oxygen atoms in total. The van der Waals surface area contributed by atoms with Crippen molar-refractivity contribution in [2.45, 2.75) is 19.4 Å². The number of carboxylic acids is 2. The van der Waals surface area contributed by atoms with Crippen molar-refractivity contribution in [3.63, 3.8) is 0 Å². The number of carbonyl (C=O) groups is 3. The number of carbonyl (C=O) groups excluding carboxylic acids is 1. The molecule has 0 unspecified atom stereocenters. The topological polar surface area (TPSA) is 116 Å². The average molecular weight is 497 g/mol. The van der Waals surface area contributed by atoms with Crippen LogP contribution >= 0.6 is 0 Å². The van der Waals surface area contributed by atoms with E-state index in [1.165, 1.54) is 23.8 Å². The Labute approximate surface area is 214 Å². The second kappa shape index (κ2) is 12.0. The number of hydrogen-bond acceptors (Lipinski definition) is 4. The molecule has 0 saturated carbocycles. The van der Waals surface area contributed by atoms with E-state index >= 15 is 0 Å². The SMILES string of the molecule is O=C(O)c1ccc(C(=O)NCCc2ccccc2)c2c(C(=O)O)ccc(CNCCc3ccccc3)c12. The molecular formula is C30H28N2O5. The minimum atomic E-state index is -1.23. The molecule has 0 spiro atoms. The summed E-state index contributed by atoms with van der Waals surface area (Å²) in [7, 11) is 0. The van der Waals surface area contributed by atoms with Crippen molar-refractivity contribution in [1.82, 2.24) is 10.6 Å². The van der Waals surface area contributed by atoms with Gasteiger partial charge in [-0.3, -0.25) is 4.79 Å². The van der Waals surface area contributed by atoms with Crippen molar-refractivity contribution in [1.29, 1.82) is 0 Å². The monoisotopic (exact) mass is 496 g/mol. The lowest BCUT2D eigenvalue weighted by atomic mass is 9.91. The molecule has 4 aromatic rings. The molecule has 4 rings (SSSR count). The summed E-state index contributed by atoms with van der Waals surface area (Å²) in [5.41, 5.74) is 2.82. The van der Waals surface area contributed by atoms with Gasteiger partial charge < -0.3 is 20.8 Å². The molecule has 7 heteroatoms. The minimum Gasteiger partial charge on any atom is -0.478 e. The van der Waals surface area contributed by atoms with Crippen molar-refractivity contribution >= 4 is 28.6 Å². The van der Waals surface area contributed by atoms with Gasteiger partial charge in [0, 0.05) is 29.4 Å². The molecule has 4 aromatic carbocycles. The fourth-order valence-corrected chi connectivity index (χ4v) is 4.42. The highest BCUT2D eigenvalue weighted by molar-refractivity contribution is 6.19. The summed E-state index contributed by atoms with van der Waals surface area (Å²) in [5.74, 6) is -2.86. The highest BCUT2D eigenvalue weighted by Crippen LogP contribution is 2.30. The van der Waals surface area contributed by atoms with Gasteiger partial charge in [0.05, 0.1) is 11.1 Å². The summed E-state index contributed by atoms with van der Waals surface area (Å²) in [4.78, 5) is 37.4. The van der Waals surface area contributed by atoms with Gasteiger partial charge in [0.2, 0.25) is 0 Å². The molecule has 0 aliphatic rings. The van der Waals surface area contributed by atoms with E-state index in [4.69, 9.17) is 0 Å². The molecule has 4 N–H and O–H groups in total. The van der Waals surface area contributed by atoms with Crippen LogP contribution in [0.2, 0.25) is 0 Å². The molecule has 0 radical (unpaired) electrons. The van der Waals surface area contributed by atoms with E-state index in [2.05, 4.69) is 10.6 Å². The van der Waals surface area contributed by atoms with Crippen LogP contribution in [0.5, 0.6) is 0 Å². The Morgan fingerprint density at radius 2 is 1.11 bits per heavy atom. The van der Waals surface area contributed by atoms with Crippen LogP contribution in [0.4, 0.5) is 0 Å². The lowest BCUT2D eigenvalue weighted by molar-refractivity contribution is 0.0686. The zero-order chi connectivity index (χ0) is 26.2. The number of amides is 1. The van der Waals surface area contributed by atoms with E-state index in [0.29, 0.717) is 31.6 Å². The Morgan fingerprint density at radius 1 is 0.595 bits per heavy atom. The molecule has 1 amide bonds. The second-order valence-electron chi connectivity index (χ2n) is 8.70. The summed E-state index contributed by atoms with van der Waals surface area (Å²) in [6.07, 6.45) is 1.40. The summed E-state index contributed by atoms with van der Waals surface area (Å²) >= 11 is 0. The van der Waals surface area contributed by atoms with Crippen LogP contribution in [-0.4, -0.2) is 41.1 Å². The number of rotatable bonds is 11.